The number of hydrogen-bond acceptors (Lipinski definition) is 3. The van der Waals surface area contributed by atoms with Crippen molar-refractivity contribution >= 4 is 35.2 Å². The highest BCUT2D eigenvalue weighted by Crippen LogP contribution is 2.39. The Morgan fingerprint density at radius 2 is 1.74 bits per heavy atom. The van der Waals surface area contributed by atoms with Gasteiger partial charge in [0.2, 0.25) is 5.91 Å². The van der Waals surface area contributed by atoms with Crippen molar-refractivity contribution in [2.24, 2.45) is 0 Å². The summed E-state index contributed by atoms with van der Waals surface area (Å²) >= 11 is 7.57. The van der Waals surface area contributed by atoms with Crippen LogP contribution in [0.5, 0.6) is 0 Å². The molecule has 3 rings (SSSR count). The molecule has 1 saturated heterocycles. The van der Waals surface area contributed by atoms with Crippen molar-refractivity contribution in [3.05, 3.63) is 70.2 Å². The summed E-state index contributed by atoms with van der Waals surface area (Å²) < 4.78 is 0. The molecule has 1 heterocycles. The lowest BCUT2D eigenvalue weighted by molar-refractivity contribution is -0.128. The van der Waals surface area contributed by atoms with E-state index >= 15 is 0 Å². The molecule has 0 radical (unpaired) electrons. The smallest absolute Gasteiger partial charge is 0.253 e. The van der Waals surface area contributed by atoms with Crippen molar-refractivity contribution in [1.82, 2.24) is 9.80 Å². The first-order chi connectivity index (χ1) is 13.0. The van der Waals surface area contributed by atoms with Crippen LogP contribution in [0.1, 0.15) is 40.7 Å². The second-order valence-corrected chi connectivity index (χ2v) is 7.92. The van der Waals surface area contributed by atoms with E-state index in [4.69, 9.17) is 11.6 Å². The maximum absolute atomic E-state index is 12.5. The SMILES string of the molecule is CCN(CC)C(=O)c1ccc([C@H]2SCC(=O)N2Cc2ccc(Cl)cc2)cc1. The molecule has 27 heavy (non-hydrogen) atoms. The summed E-state index contributed by atoms with van der Waals surface area (Å²) in [7, 11) is 0. The molecule has 0 N–H and O–H groups in total. The zero-order valence-corrected chi connectivity index (χ0v) is 17.1. The van der Waals surface area contributed by atoms with Crippen molar-refractivity contribution in [2.75, 3.05) is 18.8 Å². The van der Waals surface area contributed by atoms with E-state index in [0.29, 0.717) is 36.0 Å². The molecule has 142 valence electrons. The third-order valence-corrected chi connectivity index (χ3v) is 6.24. The average molecular weight is 403 g/mol. The third-order valence-electron chi connectivity index (χ3n) is 4.73. The molecule has 6 heteroatoms. The second kappa shape index (κ2) is 8.81. The molecule has 2 aromatic rings. The van der Waals surface area contributed by atoms with Crippen LogP contribution in [0.15, 0.2) is 48.5 Å². The largest absolute Gasteiger partial charge is 0.339 e. The first-order valence-corrected chi connectivity index (χ1v) is 10.5. The summed E-state index contributed by atoms with van der Waals surface area (Å²) in [6.07, 6.45) is 0. The van der Waals surface area contributed by atoms with Crippen molar-refractivity contribution in [1.29, 1.82) is 0 Å². The summed E-state index contributed by atoms with van der Waals surface area (Å²) in [5.74, 6) is 0.640. The molecule has 0 spiro atoms. The van der Waals surface area contributed by atoms with Crippen LogP contribution < -0.4 is 0 Å². The fourth-order valence-corrected chi connectivity index (χ4v) is 4.49. The van der Waals surface area contributed by atoms with Crippen LogP contribution in [-0.4, -0.2) is 40.5 Å². The molecule has 2 aromatic carbocycles. The van der Waals surface area contributed by atoms with E-state index in [-0.39, 0.29) is 17.2 Å². The number of carbonyl (C=O) groups excluding carboxylic acids is 2. The highest BCUT2D eigenvalue weighted by atomic mass is 35.5. The van der Waals surface area contributed by atoms with Crippen LogP contribution in [-0.2, 0) is 11.3 Å². The Bertz CT molecular complexity index is 804. The van der Waals surface area contributed by atoms with Gasteiger partial charge in [-0.3, -0.25) is 9.59 Å². The number of hydrogen-bond donors (Lipinski definition) is 0. The summed E-state index contributed by atoms with van der Waals surface area (Å²) in [5, 5.41) is 0.650. The molecule has 4 nitrogen and oxygen atoms in total. The Kier molecular flexibility index (Phi) is 6.45. The highest BCUT2D eigenvalue weighted by Gasteiger charge is 2.32. The lowest BCUT2D eigenvalue weighted by Gasteiger charge is -2.25. The van der Waals surface area contributed by atoms with Gasteiger partial charge in [0.25, 0.3) is 5.91 Å². The number of rotatable bonds is 6. The van der Waals surface area contributed by atoms with Gasteiger partial charge in [-0.15, -0.1) is 11.8 Å². The minimum absolute atomic E-state index is 0.0363. The second-order valence-electron chi connectivity index (χ2n) is 6.41. The molecule has 0 aliphatic carbocycles. The minimum Gasteiger partial charge on any atom is -0.339 e. The standard InChI is InChI=1S/C21H23ClN2O2S/c1-3-23(4-2)20(26)16-7-9-17(10-8-16)21-24(19(25)14-27-21)13-15-5-11-18(22)12-6-15/h5-12,21H,3-4,13-14H2,1-2H3/t21-/m1/s1. The Hall–Kier alpha value is -1.98. The van der Waals surface area contributed by atoms with Gasteiger partial charge in [-0.25, -0.2) is 0 Å². The van der Waals surface area contributed by atoms with Crippen LogP contribution in [0.4, 0.5) is 0 Å². The van der Waals surface area contributed by atoms with Crippen LogP contribution in [0.2, 0.25) is 5.02 Å². The maximum Gasteiger partial charge on any atom is 0.253 e. The average Bonchev–Trinajstić information content (AvgIpc) is 3.05. The molecule has 0 saturated carbocycles. The van der Waals surface area contributed by atoms with Crippen molar-refractivity contribution in [3.63, 3.8) is 0 Å². The van der Waals surface area contributed by atoms with Gasteiger partial charge in [0.05, 0.1) is 5.75 Å². The quantitative estimate of drug-likeness (QED) is 0.709. The van der Waals surface area contributed by atoms with Gasteiger partial charge in [-0.2, -0.15) is 0 Å². The van der Waals surface area contributed by atoms with Crippen LogP contribution in [0, 0.1) is 0 Å². The van der Waals surface area contributed by atoms with Gasteiger partial charge < -0.3 is 9.80 Å². The Balaban J connectivity index is 1.77. The molecule has 1 fully saturated rings. The summed E-state index contributed by atoms with van der Waals surface area (Å²) in [6, 6.07) is 15.2. The van der Waals surface area contributed by atoms with Gasteiger partial charge in [-0.05, 0) is 49.2 Å². The minimum atomic E-state index is -0.0363. The number of nitrogens with zero attached hydrogens (tertiary/aromatic N) is 2. The van der Waals surface area contributed by atoms with Gasteiger partial charge in [0.1, 0.15) is 5.37 Å². The van der Waals surface area contributed by atoms with E-state index in [1.165, 1.54) is 0 Å². The zero-order valence-electron chi connectivity index (χ0n) is 15.5. The Morgan fingerprint density at radius 1 is 1.11 bits per heavy atom. The van der Waals surface area contributed by atoms with Crippen LogP contribution in [0.25, 0.3) is 0 Å². The Morgan fingerprint density at radius 3 is 2.33 bits per heavy atom. The molecule has 0 bridgehead atoms. The van der Waals surface area contributed by atoms with Crippen molar-refractivity contribution < 1.29 is 9.59 Å². The monoisotopic (exact) mass is 402 g/mol. The molecular weight excluding hydrogens is 380 g/mol. The van der Waals surface area contributed by atoms with Crippen molar-refractivity contribution in [2.45, 2.75) is 25.8 Å². The third kappa shape index (κ3) is 4.47. The Labute approximate surface area is 169 Å². The predicted molar refractivity (Wildman–Crippen MR) is 111 cm³/mol. The topological polar surface area (TPSA) is 40.6 Å². The van der Waals surface area contributed by atoms with E-state index in [9.17, 15) is 9.59 Å². The molecule has 1 atom stereocenters. The normalized spacial score (nSPS) is 16.6. The fourth-order valence-electron chi connectivity index (χ4n) is 3.17. The van der Waals surface area contributed by atoms with Gasteiger partial charge in [0, 0.05) is 30.2 Å². The lowest BCUT2D eigenvalue weighted by Crippen LogP contribution is -2.30. The van der Waals surface area contributed by atoms with Gasteiger partial charge in [0.15, 0.2) is 0 Å². The summed E-state index contributed by atoms with van der Waals surface area (Å²) in [4.78, 5) is 28.5. The van der Waals surface area contributed by atoms with E-state index in [0.717, 1.165) is 11.1 Å². The zero-order chi connectivity index (χ0) is 19.4. The number of carbonyl (C=O) groups is 2. The van der Waals surface area contributed by atoms with E-state index in [1.54, 1.807) is 16.7 Å². The van der Waals surface area contributed by atoms with Gasteiger partial charge in [-0.1, -0.05) is 35.9 Å². The molecule has 0 aromatic heterocycles. The maximum atomic E-state index is 12.5. The molecular formula is C21H23ClN2O2S. The van der Waals surface area contributed by atoms with E-state index in [2.05, 4.69) is 0 Å². The molecule has 2 amide bonds. The lowest BCUT2D eigenvalue weighted by atomic mass is 10.1. The molecule has 1 aliphatic heterocycles. The summed E-state index contributed by atoms with van der Waals surface area (Å²) in [6.45, 7) is 5.89. The molecule has 1 aliphatic rings. The predicted octanol–water partition coefficient (Wildman–Crippen LogP) is 4.60. The van der Waals surface area contributed by atoms with Gasteiger partial charge >= 0.3 is 0 Å². The van der Waals surface area contributed by atoms with E-state index < -0.39 is 0 Å². The number of benzene rings is 2. The fraction of sp³-hybridized carbons (Fsp3) is 0.333. The number of halogens is 1. The van der Waals surface area contributed by atoms with E-state index in [1.807, 2.05) is 67.3 Å². The highest BCUT2D eigenvalue weighted by molar-refractivity contribution is 8.00. The van der Waals surface area contributed by atoms with Crippen molar-refractivity contribution in [3.8, 4) is 0 Å². The first kappa shape index (κ1) is 19.8. The summed E-state index contributed by atoms with van der Waals surface area (Å²) in [5.41, 5.74) is 2.77. The molecule has 0 unspecified atom stereocenters. The number of thioether (sulfide) groups is 1. The van der Waals surface area contributed by atoms with Crippen LogP contribution in [0.3, 0.4) is 0 Å². The number of amides is 2. The van der Waals surface area contributed by atoms with Crippen LogP contribution >= 0.6 is 23.4 Å². The first-order valence-electron chi connectivity index (χ1n) is 9.08.